The monoisotopic (exact) mass is 271 g/mol. The molecule has 0 radical (unpaired) electrons. The smallest absolute Gasteiger partial charge is 0.262 e. The zero-order valence-electron chi connectivity index (χ0n) is 11.3. The van der Waals surface area contributed by atoms with Crippen LogP contribution in [-0.4, -0.2) is 19.1 Å². The van der Waals surface area contributed by atoms with Crippen LogP contribution >= 0.6 is 0 Å². The van der Waals surface area contributed by atoms with Crippen molar-refractivity contribution in [2.45, 2.75) is 6.92 Å². The zero-order valence-corrected chi connectivity index (χ0v) is 11.3. The van der Waals surface area contributed by atoms with Crippen LogP contribution in [-0.2, 0) is 4.79 Å². The molecule has 4 heteroatoms. The molecular formula is C16H17NO3. The number of amides is 1. The Morgan fingerprint density at radius 2 is 1.55 bits per heavy atom. The SMILES string of the molecule is CCOc1ccccc1OCC(=O)Nc1ccccc1. The quantitative estimate of drug-likeness (QED) is 0.878. The Balaban J connectivity index is 1.90. The van der Waals surface area contributed by atoms with Crippen LogP contribution in [0.1, 0.15) is 6.92 Å². The van der Waals surface area contributed by atoms with Crippen LogP contribution in [0.3, 0.4) is 0 Å². The summed E-state index contributed by atoms with van der Waals surface area (Å²) in [7, 11) is 0. The molecule has 0 aromatic heterocycles. The maximum Gasteiger partial charge on any atom is 0.262 e. The maximum absolute atomic E-state index is 11.8. The number of hydrogen-bond donors (Lipinski definition) is 1. The molecule has 1 amide bonds. The number of carbonyl (C=O) groups is 1. The first kappa shape index (κ1) is 13.9. The maximum atomic E-state index is 11.8. The standard InChI is InChI=1S/C16H17NO3/c1-2-19-14-10-6-7-11-15(14)20-12-16(18)17-13-8-4-3-5-9-13/h3-11H,2,12H2,1H3,(H,17,18). The lowest BCUT2D eigenvalue weighted by molar-refractivity contribution is -0.118. The van der Waals surface area contributed by atoms with E-state index in [0.717, 1.165) is 5.69 Å². The normalized spacial score (nSPS) is 9.85. The molecule has 0 saturated heterocycles. The van der Waals surface area contributed by atoms with Gasteiger partial charge in [0.25, 0.3) is 5.91 Å². The molecule has 2 rings (SSSR count). The molecule has 1 N–H and O–H groups in total. The molecule has 0 aliphatic rings. The lowest BCUT2D eigenvalue weighted by Gasteiger charge is -2.11. The molecule has 0 unspecified atom stereocenters. The van der Waals surface area contributed by atoms with E-state index in [1.807, 2.05) is 55.5 Å². The van der Waals surface area contributed by atoms with Gasteiger partial charge in [-0.15, -0.1) is 0 Å². The Morgan fingerprint density at radius 3 is 2.20 bits per heavy atom. The van der Waals surface area contributed by atoms with Crippen LogP contribution in [0.25, 0.3) is 0 Å². The third kappa shape index (κ3) is 4.02. The Morgan fingerprint density at radius 1 is 0.950 bits per heavy atom. The number of benzene rings is 2. The average Bonchev–Trinajstić information content (AvgIpc) is 2.48. The second-order valence-corrected chi connectivity index (χ2v) is 4.08. The minimum absolute atomic E-state index is 0.0566. The Hall–Kier alpha value is -2.49. The third-order valence-electron chi connectivity index (χ3n) is 2.57. The fourth-order valence-electron chi connectivity index (χ4n) is 1.71. The van der Waals surface area contributed by atoms with E-state index >= 15 is 0 Å². The number of carbonyl (C=O) groups excluding carboxylic acids is 1. The summed E-state index contributed by atoms with van der Waals surface area (Å²) in [5.74, 6) is 1.00. The fourth-order valence-corrected chi connectivity index (χ4v) is 1.71. The molecule has 0 spiro atoms. The van der Waals surface area contributed by atoms with Gasteiger partial charge in [0.2, 0.25) is 0 Å². The predicted octanol–water partition coefficient (Wildman–Crippen LogP) is 3.10. The molecular weight excluding hydrogens is 254 g/mol. The molecule has 0 bridgehead atoms. The van der Waals surface area contributed by atoms with Gasteiger partial charge in [0.1, 0.15) is 0 Å². The van der Waals surface area contributed by atoms with Crippen LogP contribution in [0, 0.1) is 0 Å². The molecule has 2 aromatic carbocycles. The molecule has 20 heavy (non-hydrogen) atoms. The van der Waals surface area contributed by atoms with Gasteiger partial charge in [-0.25, -0.2) is 0 Å². The summed E-state index contributed by atoms with van der Waals surface area (Å²) in [5, 5.41) is 2.76. The van der Waals surface area contributed by atoms with Gasteiger partial charge in [0.15, 0.2) is 18.1 Å². The highest BCUT2D eigenvalue weighted by Gasteiger charge is 2.07. The van der Waals surface area contributed by atoms with E-state index in [0.29, 0.717) is 18.1 Å². The molecule has 0 atom stereocenters. The van der Waals surface area contributed by atoms with Crippen molar-refractivity contribution in [3.05, 3.63) is 54.6 Å². The van der Waals surface area contributed by atoms with Crippen LogP contribution in [0.15, 0.2) is 54.6 Å². The van der Waals surface area contributed by atoms with E-state index in [9.17, 15) is 4.79 Å². The topological polar surface area (TPSA) is 47.6 Å². The van der Waals surface area contributed by atoms with E-state index in [1.165, 1.54) is 0 Å². The number of hydrogen-bond acceptors (Lipinski definition) is 3. The van der Waals surface area contributed by atoms with Gasteiger partial charge in [-0.05, 0) is 31.2 Å². The second-order valence-electron chi connectivity index (χ2n) is 4.08. The Kier molecular flexibility index (Phi) is 5.00. The summed E-state index contributed by atoms with van der Waals surface area (Å²) >= 11 is 0. The van der Waals surface area contributed by atoms with Crippen molar-refractivity contribution in [1.29, 1.82) is 0 Å². The summed E-state index contributed by atoms with van der Waals surface area (Å²) < 4.78 is 10.9. The molecule has 4 nitrogen and oxygen atoms in total. The lowest BCUT2D eigenvalue weighted by atomic mass is 10.3. The predicted molar refractivity (Wildman–Crippen MR) is 78.2 cm³/mol. The third-order valence-corrected chi connectivity index (χ3v) is 2.57. The summed E-state index contributed by atoms with van der Waals surface area (Å²) in [4.78, 5) is 11.8. The number of anilines is 1. The van der Waals surface area contributed by atoms with Gasteiger partial charge in [-0.3, -0.25) is 4.79 Å². The molecule has 0 aliphatic heterocycles. The first-order valence-electron chi connectivity index (χ1n) is 6.49. The molecule has 0 heterocycles. The molecule has 2 aromatic rings. The Labute approximate surface area is 118 Å². The first-order valence-corrected chi connectivity index (χ1v) is 6.49. The van der Waals surface area contributed by atoms with Crippen molar-refractivity contribution in [3.8, 4) is 11.5 Å². The fraction of sp³-hybridized carbons (Fsp3) is 0.188. The minimum Gasteiger partial charge on any atom is -0.490 e. The van der Waals surface area contributed by atoms with Gasteiger partial charge in [0, 0.05) is 5.69 Å². The first-order chi connectivity index (χ1) is 9.79. The van der Waals surface area contributed by atoms with Gasteiger partial charge >= 0.3 is 0 Å². The average molecular weight is 271 g/mol. The number of nitrogens with one attached hydrogen (secondary N) is 1. The Bertz CT molecular complexity index is 555. The van der Waals surface area contributed by atoms with Crippen molar-refractivity contribution < 1.29 is 14.3 Å². The highest BCUT2D eigenvalue weighted by molar-refractivity contribution is 5.91. The van der Waals surface area contributed by atoms with Gasteiger partial charge in [-0.1, -0.05) is 30.3 Å². The van der Waals surface area contributed by atoms with Gasteiger partial charge < -0.3 is 14.8 Å². The van der Waals surface area contributed by atoms with Crippen molar-refractivity contribution in [2.75, 3.05) is 18.5 Å². The minimum atomic E-state index is -0.206. The highest BCUT2D eigenvalue weighted by Crippen LogP contribution is 2.26. The van der Waals surface area contributed by atoms with Crippen molar-refractivity contribution in [2.24, 2.45) is 0 Å². The van der Waals surface area contributed by atoms with Gasteiger partial charge in [0.05, 0.1) is 6.61 Å². The van der Waals surface area contributed by atoms with E-state index in [-0.39, 0.29) is 12.5 Å². The zero-order chi connectivity index (χ0) is 14.2. The van der Waals surface area contributed by atoms with Crippen molar-refractivity contribution >= 4 is 11.6 Å². The molecule has 0 saturated carbocycles. The molecule has 0 fully saturated rings. The summed E-state index contributed by atoms with van der Waals surface area (Å²) in [5.41, 5.74) is 0.749. The van der Waals surface area contributed by atoms with E-state index in [4.69, 9.17) is 9.47 Å². The lowest BCUT2D eigenvalue weighted by Crippen LogP contribution is -2.20. The summed E-state index contributed by atoms with van der Waals surface area (Å²) in [6, 6.07) is 16.6. The van der Waals surface area contributed by atoms with Crippen LogP contribution in [0.4, 0.5) is 5.69 Å². The number of rotatable bonds is 6. The highest BCUT2D eigenvalue weighted by atomic mass is 16.5. The second kappa shape index (κ2) is 7.19. The largest absolute Gasteiger partial charge is 0.490 e. The number of para-hydroxylation sites is 3. The van der Waals surface area contributed by atoms with Crippen LogP contribution < -0.4 is 14.8 Å². The summed E-state index contributed by atoms with van der Waals surface area (Å²) in [6.45, 7) is 2.40. The molecule has 104 valence electrons. The van der Waals surface area contributed by atoms with Gasteiger partial charge in [-0.2, -0.15) is 0 Å². The summed E-state index contributed by atoms with van der Waals surface area (Å²) in [6.07, 6.45) is 0. The van der Waals surface area contributed by atoms with E-state index in [2.05, 4.69) is 5.32 Å². The van der Waals surface area contributed by atoms with Crippen molar-refractivity contribution in [1.82, 2.24) is 0 Å². The van der Waals surface area contributed by atoms with Crippen molar-refractivity contribution in [3.63, 3.8) is 0 Å². The van der Waals surface area contributed by atoms with E-state index in [1.54, 1.807) is 6.07 Å². The van der Waals surface area contributed by atoms with Crippen LogP contribution in [0.5, 0.6) is 11.5 Å². The number of ether oxygens (including phenoxy) is 2. The molecule has 0 aliphatic carbocycles. The van der Waals surface area contributed by atoms with Crippen LogP contribution in [0.2, 0.25) is 0 Å². The van der Waals surface area contributed by atoms with E-state index < -0.39 is 0 Å².